The molecule has 26 heavy (non-hydrogen) atoms. The van der Waals surface area contributed by atoms with E-state index in [1.165, 1.54) is 0 Å². The molecule has 0 bridgehead atoms. The lowest BCUT2D eigenvalue weighted by molar-refractivity contribution is 0.0648. The first-order chi connectivity index (χ1) is 12.4. The largest absolute Gasteiger partial charge is 0.493 e. The highest BCUT2D eigenvalue weighted by atomic mass is 32.2. The molecule has 0 saturated carbocycles. The van der Waals surface area contributed by atoms with Gasteiger partial charge in [-0.25, -0.2) is 0 Å². The molecule has 1 unspecified atom stereocenters. The predicted octanol–water partition coefficient (Wildman–Crippen LogP) is 4.64. The molecule has 0 aromatic heterocycles. The molecule has 0 radical (unpaired) electrons. The number of carbonyl (C=O) groups excluding carboxylic acids is 1. The van der Waals surface area contributed by atoms with Crippen molar-refractivity contribution in [1.82, 2.24) is 0 Å². The van der Waals surface area contributed by atoms with Crippen molar-refractivity contribution >= 4 is 16.7 Å². The van der Waals surface area contributed by atoms with Crippen LogP contribution in [0.5, 0.6) is 17.2 Å². The number of unbranched alkanes of at least 4 members (excludes halogenated alkanes) is 2. The Morgan fingerprint density at radius 2 is 1.58 bits per heavy atom. The lowest BCUT2D eigenvalue weighted by Crippen LogP contribution is -2.55. The van der Waals surface area contributed by atoms with Gasteiger partial charge in [-0.15, -0.1) is 0 Å². The Balaban J connectivity index is 2.43. The van der Waals surface area contributed by atoms with E-state index in [4.69, 9.17) is 14.2 Å². The third kappa shape index (κ3) is 4.30. The van der Waals surface area contributed by atoms with Gasteiger partial charge < -0.3 is 14.2 Å². The van der Waals surface area contributed by atoms with E-state index in [1.807, 2.05) is 13.8 Å². The third-order valence-electron chi connectivity index (χ3n) is 4.85. The SMILES string of the molecule is CCCC[S+](CCCC)C1C(=O)c2cc(OC)c(OC)cc2OC1(C)C. The Bertz CT molecular complexity index is 619. The summed E-state index contributed by atoms with van der Waals surface area (Å²) in [6.07, 6.45) is 4.62. The van der Waals surface area contributed by atoms with Crippen molar-refractivity contribution in [3.63, 3.8) is 0 Å². The standard InChI is InChI=1S/C21H33O4S/c1-7-9-11-26(12-10-8-2)20-19(22)15-13-17(23-5)18(24-6)14-16(15)25-21(20,3)4/h13-14,20H,7-12H2,1-6H3/q+1. The highest BCUT2D eigenvalue weighted by Crippen LogP contribution is 2.43. The van der Waals surface area contributed by atoms with Crippen molar-refractivity contribution in [2.75, 3.05) is 25.7 Å². The molecule has 0 fully saturated rings. The van der Waals surface area contributed by atoms with Gasteiger partial charge in [-0.05, 0) is 32.8 Å². The van der Waals surface area contributed by atoms with Crippen LogP contribution in [0.4, 0.5) is 0 Å². The predicted molar refractivity (Wildman–Crippen MR) is 109 cm³/mol. The van der Waals surface area contributed by atoms with Crippen molar-refractivity contribution in [3.8, 4) is 17.2 Å². The van der Waals surface area contributed by atoms with E-state index in [0.717, 1.165) is 37.2 Å². The monoisotopic (exact) mass is 381 g/mol. The molecule has 0 N–H and O–H groups in total. The topological polar surface area (TPSA) is 44.8 Å². The summed E-state index contributed by atoms with van der Waals surface area (Å²) in [5, 5.41) is -0.105. The number of hydrogen-bond donors (Lipinski definition) is 0. The van der Waals surface area contributed by atoms with Crippen LogP contribution in [-0.4, -0.2) is 42.4 Å². The molecule has 1 aliphatic rings. The summed E-state index contributed by atoms with van der Waals surface area (Å²) in [5.41, 5.74) is 0.103. The smallest absolute Gasteiger partial charge is 0.222 e. The average molecular weight is 382 g/mol. The van der Waals surface area contributed by atoms with E-state index < -0.39 is 5.60 Å². The minimum Gasteiger partial charge on any atom is -0.493 e. The zero-order valence-corrected chi connectivity index (χ0v) is 17.8. The Labute approximate surface area is 160 Å². The number of hydrogen-bond acceptors (Lipinski definition) is 4. The van der Waals surface area contributed by atoms with Gasteiger partial charge in [0.05, 0.1) is 19.8 Å². The number of ketones is 1. The minimum absolute atomic E-state index is 0.0202. The van der Waals surface area contributed by atoms with Crippen molar-refractivity contribution in [2.24, 2.45) is 0 Å². The number of methoxy groups -OCH3 is 2. The summed E-state index contributed by atoms with van der Waals surface area (Å²) < 4.78 is 17.1. The van der Waals surface area contributed by atoms with Crippen LogP contribution in [0.1, 0.15) is 63.7 Å². The Morgan fingerprint density at radius 1 is 1.04 bits per heavy atom. The molecule has 1 aliphatic heterocycles. The van der Waals surface area contributed by atoms with Crippen molar-refractivity contribution < 1.29 is 19.0 Å². The van der Waals surface area contributed by atoms with Crippen LogP contribution in [-0.2, 0) is 10.9 Å². The number of benzene rings is 1. The summed E-state index contributed by atoms with van der Waals surface area (Å²) in [7, 11) is 3.20. The van der Waals surface area contributed by atoms with Crippen LogP contribution >= 0.6 is 0 Å². The lowest BCUT2D eigenvalue weighted by atomic mass is 9.92. The minimum atomic E-state index is -0.520. The zero-order valence-electron chi connectivity index (χ0n) is 17.0. The normalized spacial score (nSPS) is 18.4. The van der Waals surface area contributed by atoms with Gasteiger partial charge in [-0.1, -0.05) is 26.7 Å². The molecule has 1 heterocycles. The van der Waals surface area contributed by atoms with Gasteiger partial charge in [0.15, 0.2) is 17.1 Å². The van der Waals surface area contributed by atoms with Crippen molar-refractivity contribution in [3.05, 3.63) is 17.7 Å². The molecule has 5 heteroatoms. The van der Waals surface area contributed by atoms with Gasteiger partial charge >= 0.3 is 0 Å². The molecule has 0 spiro atoms. The summed E-state index contributed by atoms with van der Waals surface area (Å²) in [5.74, 6) is 4.15. The Hall–Kier alpha value is -1.36. The van der Waals surface area contributed by atoms with Crippen molar-refractivity contribution in [1.29, 1.82) is 0 Å². The highest BCUT2D eigenvalue weighted by Gasteiger charge is 2.53. The summed E-state index contributed by atoms with van der Waals surface area (Å²) in [6.45, 7) is 8.51. The molecule has 0 amide bonds. The fraction of sp³-hybridized carbons (Fsp3) is 0.667. The van der Waals surface area contributed by atoms with Crippen LogP contribution in [0.15, 0.2) is 12.1 Å². The Kier molecular flexibility index (Phi) is 7.27. The van der Waals surface area contributed by atoms with E-state index >= 15 is 0 Å². The lowest BCUT2D eigenvalue weighted by Gasteiger charge is -2.38. The number of rotatable bonds is 9. The van der Waals surface area contributed by atoms with E-state index in [2.05, 4.69) is 13.8 Å². The summed E-state index contributed by atoms with van der Waals surface area (Å²) in [6, 6.07) is 3.56. The second-order valence-electron chi connectivity index (χ2n) is 7.31. The van der Waals surface area contributed by atoms with Gasteiger partial charge in [-0.3, -0.25) is 4.79 Å². The Morgan fingerprint density at radius 3 is 2.08 bits per heavy atom. The molecular weight excluding hydrogens is 348 g/mol. The van der Waals surface area contributed by atoms with E-state index in [1.54, 1.807) is 26.4 Å². The molecular formula is C21H33O4S+. The van der Waals surface area contributed by atoms with Crippen LogP contribution in [0.25, 0.3) is 0 Å². The van der Waals surface area contributed by atoms with Gasteiger partial charge in [0.25, 0.3) is 0 Å². The van der Waals surface area contributed by atoms with Crippen LogP contribution in [0, 0.1) is 0 Å². The van der Waals surface area contributed by atoms with Crippen LogP contribution in [0.3, 0.4) is 0 Å². The maximum absolute atomic E-state index is 13.5. The first-order valence-corrected chi connectivity index (χ1v) is 11.2. The molecule has 146 valence electrons. The molecule has 1 atom stereocenters. The number of ether oxygens (including phenoxy) is 3. The number of Topliss-reactive ketones (excluding diaryl/α,β-unsaturated/α-hetero) is 1. The van der Waals surface area contributed by atoms with Gasteiger partial charge in [0.2, 0.25) is 11.0 Å². The van der Waals surface area contributed by atoms with E-state index in [9.17, 15) is 4.79 Å². The summed E-state index contributed by atoms with van der Waals surface area (Å²) in [4.78, 5) is 13.5. The second kappa shape index (κ2) is 9.03. The van der Waals surface area contributed by atoms with Gasteiger partial charge in [0.1, 0.15) is 17.3 Å². The summed E-state index contributed by atoms with van der Waals surface area (Å²) >= 11 is 0. The van der Waals surface area contributed by atoms with E-state index in [-0.39, 0.29) is 21.9 Å². The molecule has 1 aromatic carbocycles. The number of fused-ring (bicyclic) bond motifs is 1. The molecule has 1 aromatic rings. The fourth-order valence-corrected chi connectivity index (χ4v) is 6.76. The van der Waals surface area contributed by atoms with Crippen LogP contribution in [0.2, 0.25) is 0 Å². The first-order valence-electron chi connectivity index (χ1n) is 9.55. The zero-order chi connectivity index (χ0) is 19.3. The molecule has 2 rings (SSSR count). The maximum Gasteiger partial charge on any atom is 0.222 e. The van der Waals surface area contributed by atoms with Gasteiger partial charge in [0, 0.05) is 17.0 Å². The first kappa shape index (κ1) is 20.9. The fourth-order valence-electron chi connectivity index (χ4n) is 3.48. The van der Waals surface area contributed by atoms with E-state index in [0.29, 0.717) is 22.8 Å². The highest BCUT2D eigenvalue weighted by molar-refractivity contribution is 7.98. The molecule has 0 saturated heterocycles. The molecule has 4 nitrogen and oxygen atoms in total. The van der Waals surface area contributed by atoms with Crippen LogP contribution < -0.4 is 14.2 Å². The maximum atomic E-state index is 13.5. The van der Waals surface area contributed by atoms with Crippen molar-refractivity contribution in [2.45, 2.75) is 64.2 Å². The second-order valence-corrected chi connectivity index (χ2v) is 9.67. The molecule has 0 aliphatic carbocycles. The third-order valence-corrected chi connectivity index (χ3v) is 7.92. The average Bonchev–Trinajstić information content (AvgIpc) is 2.61. The number of carbonyl (C=O) groups is 1. The quantitative estimate of drug-likeness (QED) is 0.584. The van der Waals surface area contributed by atoms with Gasteiger partial charge in [-0.2, -0.15) is 0 Å².